The molecule has 2 N–H and O–H groups in total. The third-order valence-electron chi connectivity index (χ3n) is 0.215. The fourth-order valence-electron chi connectivity index (χ4n) is 0.0773. The van der Waals surface area contributed by atoms with E-state index in [9.17, 15) is 4.21 Å². The molecule has 2 atom stereocenters. The van der Waals surface area contributed by atoms with E-state index >= 15 is 0 Å². The second kappa shape index (κ2) is 4.61. The molecule has 0 saturated heterocycles. The van der Waals surface area contributed by atoms with Crippen molar-refractivity contribution >= 4 is 18.7 Å². The van der Waals surface area contributed by atoms with Crippen LogP contribution in [0.1, 0.15) is 0 Å². The predicted molar refractivity (Wildman–Crippen MR) is 29.2 cm³/mol. The van der Waals surface area contributed by atoms with Crippen molar-refractivity contribution in [2.45, 2.75) is 0 Å². The van der Waals surface area contributed by atoms with Crippen molar-refractivity contribution in [3.05, 3.63) is 0 Å². The number of hydrogen-bond acceptors (Lipinski definition) is 3. The highest BCUT2D eigenvalue weighted by Gasteiger charge is 1.87. The van der Waals surface area contributed by atoms with Crippen LogP contribution in [-0.4, -0.2) is 15.8 Å². The van der Waals surface area contributed by atoms with Gasteiger partial charge in [0.15, 0.2) is 8.01 Å². The second-order valence-electron chi connectivity index (χ2n) is 0.639. The van der Waals surface area contributed by atoms with Crippen LogP contribution in [0, 0.1) is 0 Å². The summed E-state index contributed by atoms with van der Waals surface area (Å²) in [6.45, 7) is 0. The van der Waals surface area contributed by atoms with Gasteiger partial charge in [-0.05, 0) is 0 Å². The lowest BCUT2D eigenvalue weighted by molar-refractivity contribution is 0.266. The number of hydroxylamine groups is 1. The SMILES string of the molecule is CNOPS(=O)O. The van der Waals surface area contributed by atoms with E-state index in [2.05, 4.69) is 10.1 Å². The van der Waals surface area contributed by atoms with E-state index in [1.54, 1.807) is 0 Å². The Balaban J connectivity index is 2.82. The highest BCUT2D eigenvalue weighted by atomic mass is 32.7. The van der Waals surface area contributed by atoms with E-state index in [0.717, 1.165) is 0 Å². The van der Waals surface area contributed by atoms with Crippen LogP contribution in [0.3, 0.4) is 0 Å². The zero-order chi connectivity index (χ0) is 5.70. The third-order valence-corrected chi connectivity index (χ3v) is 1.32. The van der Waals surface area contributed by atoms with Crippen LogP contribution < -0.4 is 5.48 Å². The molecule has 4 nitrogen and oxygen atoms in total. The first kappa shape index (κ1) is 7.46. The molecule has 0 aromatic carbocycles. The number of rotatable bonds is 3. The topological polar surface area (TPSA) is 58.6 Å². The van der Waals surface area contributed by atoms with Crippen LogP contribution in [0.25, 0.3) is 0 Å². The minimum atomic E-state index is -1.82. The summed E-state index contributed by atoms with van der Waals surface area (Å²) in [4.78, 5) is 0. The first-order chi connectivity index (χ1) is 3.27. The Morgan fingerprint density at radius 1 is 2.00 bits per heavy atom. The predicted octanol–water partition coefficient (Wildman–Crippen LogP) is -0.132. The summed E-state index contributed by atoms with van der Waals surface area (Å²) < 4.78 is 22.0. The van der Waals surface area contributed by atoms with Gasteiger partial charge in [0.05, 0.1) is 0 Å². The van der Waals surface area contributed by atoms with Crippen molar-refractivity contribution in [2.24, 2.45) is 0 Å². The van der Waals surface area contributed by atoms with Crippen molar-refractivity contribution < 1.29 is 13.4 Å². The van der Waals surface area contributed by atoms with Crippen molar-refractivity contribution in [3.8, 4) is 0 Å². The lowest BCUT2D eigenvalue weighted by Crippen LogP contribution is -1.98. The first-order valence-electron chi connectivity index (χ1n) is 1.46. The van der Waals surface area contributed by atoms with Crippen molar-refractivity contribution in [3.63, 3.8) is 0 Å². The summed E-state index contributed by atoms with van der Waals surface area (Å²) in [6.07, 6.45) is 0. The summed E-state index contributed by atoms with van der Waals surface area (Å²) in [5.41, 5.74) is 2.26. The van der Waals surface area contributed by atoms with E-state index in [0.29, 0.717) is 0 Å². The lowest BCUT2D eigenvalue weighted by Gasteiger charge is -1.91. The normalized spacial score (nSPS) is 15.7. The molecule has 0 amide bonds. The van der Waals surface area contributed by atoms with Crippen LogP contribution in [0.2, 0.25) is 0 Å². The summed E-state index contributed by atoms with van der Waals surface area (Å²) in [5.74, 6) is 0. The Morgan fingerprint density at radius 2 is 2.57 bits per heavy atom. The van der Waals surface area contributed by atoms with Crippen LogP contribution >= 0.6 is 8.01 Å². The van der Waals surface area contributed by atoms with Crippen molar-refractivity contribution in [1.29, 1.82) is 0 Å². The molecule has 0 spiro atoms. The van der Waals surface area contributed by atoms with Gasteiger partial charge < -0.3 is 4.55 Å². The van der Waals surface area contributed by atoms with Gasteiger partial charge >= 0.3 is 0 Å². The molecule has 0 saturated carbocycles. The van der Waals surface area contributed by atoms with Gasteiger partial charge in [-0.1, -0.05) is 0 Å². The molecular weight excluding hydrogens is 137 g/mol. The molecule has 0 fully saturated rings. The zero-order valence-corrected chi connectivity index (χ0v) is 5.49. The summed E-state index contributed by atoms with van der Waals surface area (Å²) in [5, 5.41) is 0. The van der Waals surface area contributed by atoms with Crippen molar-refractivity contribution in [1.82, 2.24) is 5.48 Å². The fraction of sp³-hybridized carbons (Fsp3) is 1.00. The van der Waals surface area contributed by atoms with E-state index in [1.807, 2.05) is 0 Å². The van der Waals surface area contributed by atoms with Gasteiger partial charge in [0.1, 0.15) is 0 Å². The van der Waals surface area contributed by atoms with Gasteiger partial charge in [0.25, 0.3) is 0 Å². The molecule has 0 aliphatic carbocycles. The van der Waals surface area contributed by atoms with E-state index in [4.69, 9.17) is 4.55 Å². The molecule has 0 rings (SSSR count). The van der Waals surface area contributed by atoms with Gasteiger partial charge in [-0.3, -0.25) is 4.62 Å². The molecule has 0 aromatic rings. The van der Waals surface area contributed by atoms with Crippen LogP contribution in [0.15, 0.2) is 0 Å². The van der Waals surface area contributed by atoms with Gasteiger partial charge in [0, 0.05) is 7.05 Å². The summed E-state index contributed by atoms with van der Waals surface area (Å²) >= 11 is 0. The average molecular weight is 143 g/mol. The quantitative estimate of drug-likeness (QED) is 0.328. The maximum atomic E-state index is 9.72. The van der Waals surface area contributed by atoms with Gasteiger partial charge in [-0.2, -0.15) is 0 Å². The molecule has 0 aliphatic rings. The maximum Gasteiger partial charge on any atom is 0.201 e. The molecule has 2 unspecified atom stereocenters. The summed E-state index contributed by atoms with van der Waals surface area (Å²) in [7, 11) is -0.689. The maximum absolute atomic E-state index is 9.72. The van der Waals surface area contributed by atoms with Crippen LogP contribution in [0.5, 0.6) is 0 Å². The smallest absolute Gasteiger partial charge is 0.201 e. The lowest BCUT2D eigenvalue weighted by atomic mass is 11.6. The minimum Gasteiger partial charge on any atom is -0.301 e. The van der Waals surface area contributed by atoms with E-state index in [-0.39, 0.29) is 0 Å². The Labute approximate surface area is 45.5 Å². The fourth-order valence-corrected chi connectivity index (χ4v) is 0.696. The van der Waals surface area contributed by atoms with Gasteiger partial charge in [-0.25, -0.2) is 9.69 Å². The summed E-state index contributed by atoms with van der Waals surface area (Å²) in [6, 6.07) is 0. The average Bonchev–Trinajstić information content (AvgIpc) is 1.61. The molecule has 7 heavy (non-hydrogen) atoms. The Hall–Kier alpha value is 0.460. The van der Waals surface area contributed by atoms with Crippen LogP contribution in [0.4, 0.5) is 0 Å². The molecule has 0 aliphatic heterocycles. The minimum absolute atomic E-state index is 0.395. The Kier molecular flexibility index (Phi) is 4.92. The Morgan fingerprint density at radius 3 is 2.71 bits per heavy atom. The van der Waals surface area contributed by atoms with Crippen LogP contribution in [-0.2, 0) is 15.3 Å². The molecule has 44 valence electrons. The molecule has 0 bridgehead atoms. The zero-order valence-electron chi connectivity index (χ0n) is 3.67. The number of nitrogens with one attached hydrogen (secondary N) is 1. The molecule has 0 heterocycles. The third kappa shape index (κ3) is 6.46. The highest BCUT2D eigenvalue weighted by Crippen LogP contribution is 2.11. The van der Waals surface area contributed by atoms with E-state index < -0.39 is 18.7 Å². The first-order valence-corrected chi connectivity index (χ1v) is 4.20. The molecular formula is CH6NO3PS. The largest absolute Gasteiger partial charge is 0.301 e. The molecule has 0 radical (unpaired) electrons. The standard InChI is InChI=1S/CH6NO3PS/c1-2-5-6-7(3)4/h2,6H,1H3,(H,3,4). The second-order valence-corrected chi connectivity index (χ2v) is 3.06. The molecule has 6 heteroatoms. The highest BCUT2D eigenvalue weighted by molar-refractivity contribution is 8.34. The monoisotopic (exact) mass is 143 g/mol. The molecule has 0 aromatic heterocycles. The van der Waals surface area contributed by atoms with Crippen molar-refractivity contribution in [2.75, 3.05) is 7.05 Å². The number of hydrogen-bond donors (Lipinski definition) is 2. The van der Waals surface area contributed by atoms with E-state index in [1.165, 1.54) is 7.05 Å². The Bertz CT molecular complexity index is 68.0. The van der Waals surface area contributed by atoms with Gasteiger partial charge in [-0.15, -0.1) is 0 Å². The van der Waals surface area contributed by atoms with Gasteiger partial charge in [0.2, 0.25) is 10.7 Å².